The lowest BCUT2D eigenvalue weighted by Crippen LogP contribution is -2.13. The molecule has 8 heteroatoms. The van der Waals surface area contributed by atoms with Gasteiger partial charge in [0.25, 0.3) is 0 Å². The Morgan fingerprint density at radius 1 is 0.935 bits per heavy atom. The number of carboxylic acid groups (broad SMARTS) is 1. The molecule has 0 radical (unpaired) electrons. The summed E-state index contributed by atoms with van der Waals surface area (Å²) >= 11 is 6.30. The third kappa shape index (κ3) is 5.18. The second-order valence-electron chi connectivity index (χ2n) is 5.63. The Kier molecular flexibility index (Phi) is 8.90. The van der Waals surface area contributed by atoms with Gasteiger partial charge in [0, 0.05) is 5.56 Å². The maximum atomic E-state index is 13.1. The number of hydrogen-bond acceptors (Lipinski definition) is 4. The zero-order valence-electron chi connectivity index (χ0n) is 17.7. The van der Waals surface area contributed by atoms with Crippen LogP contribution in [0.15, 0.2) is 71.6 Å². The maximum absolute atomic E-state index is 13.1. The highest BCUT2D eigenvalue weighted by atomic mass is 35.5. The fraction of sp³-hybridized carbons (Fsp3) is 0.174. The van der Waals surface area contributed by atoms with Crippen molar-refractivity contribution >= 4 is 39.6 Å². The Hall–Kier alpha value is -3.03. The molecule has 1 N–H and O–H groups in total. The van der Waals surface area contributed by atoms with E-state index in [0.29, 0.717) is 16.1 Å². The molecule has 2 aromatic carbocycles. The molecule has 0 aliphatic heterocycles. The van der Waals surface area contributed by atoms with E-state index in [1.54, 1.807) is 30.3 Å². The Morgan fingerprint density at radius 2 is 1.48 bits per heavy atom. The van der Waals surface area contributed by atoms with Gasteiger partial charge in [0.1, 0.15) is 10.8 Å². The summed E-state index contributed by atoms with van der Waals surface area (Å²) in [5.74, 6) is -0.899. The predicted molar refractivity (Wildman–Crippen MR) is 126 cm³/mol. The van der Waals surface area contributed by atoms with E-state index in [2.05, 4.69) is 9.97 Å². The van der Waals surface area contributed by atoms with E-state index in [9.17, 15) is 14.1 Å². The molecule has 4 rings (SSSR count). The number of carbonyl (C=O) groups is 1. The van der Waals surface area contributed by atoms with Crippen LogP contribution in [0.3, 0.4) is 0 Å². The quantitative estimate of drug-likeness (QED) is 0.376. The van der Waals surface area contributed by atoms with Crippen LogP contribution in [0, 0.1) is 0 Å². The molecule has 0 fully saturated rings. The number of fused-ring (bicyclic) bond motifs is 1. The van der Waals surface area contributed by atoms with E-state index in [1.165, 1.54) is 10.0 Å². The number of hydrogen-bond donors (Lipinski definition) is 1. The number of halogens is 1. The number of aromatic carboxylic acids is 1. The van der Waals surface area contributed by atoms with Crippen molar-refractivity contribution in [3.63, 3.8) is 0 Å². The fourth-order valence-corrected chi connectivity index (χ4v) is 4.12. The van der Waals surface area contributed by atoms with Gasteiger partial charge in [-0.25, -0.2) is 22.9 Å². The summed E-state index contributed by atoms with van der Waals surface area (Å²) in [5, 5.41) is 10.0. The fourth-order valence-electron chi connectivity index (χ4n) is 2.69. The number of benzene rings is 2. The van der Waals surface area contributed by atoms with E-state index in [0.717, 1.165) is 5.56 Å². The van der Waals surface area contributed by atoms with Gasteiger partial charge in [0.05, 0.1) is 10.3 Å². The summed E-state index contributed by atoms with van der Waals surface area (Å²) in [6.07, 6.45) is 0. The molecule has 2 aromatic heterocycles. The highest BCUT2D eigenvalue weighted by Gasteiger charge is 2.24. The number of aromatic nitrogens is 3. The van der Waals surface area contributed by atoms with E-state index in [4.69, 9.17) is 11.6 Å². The average molecular weight is 458 g/mol. The molecule has 0 spiro atoms. The molecule has 0 bridgehead atoms. The summed E-state index contributed by atoms with van der Waals surface area (Å²) < 4.78 is 14.3. The lowest BCUT2D eigenvalue weighted by Gasteiger charge is -2.08. The first-order valence-electron chi connectivity index (χ1n) is 9.91. The van der Waals surface area contributed by atoms with Crippen LogP contribution in [-0.2, 0) is 11.0 Å². The number of nitrogens with zero attached hydrogens (tertiary/aromatic N) is 3. The van der Waals surface area contributed by atoms with Crippen LogP contribution >= 0.6 is 11.6 Å². The van der Waals surface area contributed by atoms with Crippen molar-refractivity contribution in [3.8, 4) is 11.4 Å². The largest absolute Gasteiger partial charge is 0.477 e. The number of carboxylic acids is 1. The van der Waals surface area contributed by atoms with Crippen LogP contribution in [-0.4, -0.2) is 29.2 Å². The zero-order valence-corrected chi connectivity index (χ0v) is 19.3. The Labute approximate surface area is 189 Å². The average Bonchev–Trinajstić information content (AvgIpc) is 3.23. The Morgan fingerprint density at radius 3 is 2.03 bits per heavy atom. The van der Waals surface area contributed by atoms with Crippen molar-refractivity contribution in [2.24, 2.45) is 0 Å². The van der Waals surface area contributed by atoms with Gasteiger partial charge in [-0.1, -0.05) is 87.8 Å². The minimum absolute atomic E-state index is 0.102. The van der Waals surface area contributed by atoms with Gasteiger partial charge in [-0.15, -0.1) is 0 Å². The van der Waals surface area contributed by atoms with Crippen molar-refractivity contribution in [3.05, 3.63) is 77.6 Å². The summed E-state index contributed by atoms with van der Waals surface area (Å²) in [5.41, 5.74) is 0.749. The van der Waals surface area contributed by atoms with Crippen LogP contribution in [0.4, 0.5) is 0 Å². The first kappa shape index (κ1) is 24.2. The Bertz CT molecular complexity index is 1180. The monoisotopic (exact) mass is 457 g/mol. The highest BCUT2D eigenvalue weighted by molar-refractivity contribution is 7.83. The van der Waals surface area contributed by atoms with Crippen molar-refractivity contribution < 1.29 is 14.1 Å². The standard InChI is InChI=1S/C19H12ClN3O3S.2C2H6/c20-16-14-11-15(19(24)25)23(27(26)13-9-5-2-6-10-13)18(14)22-17(21-16)12-7-3-1-4-8-12;2*1-2/h1-11H,(H,24,25);2*1-2H3. The molecular formula is C23H24ClN3O3S. The van der Waals surface area contributed by atoms with Crippen LogP contribution in [0.5, 0.6) is 0 Å². The molecule has 0 saturated carbocycles. The van der Waals surface area contributed by atoms with Crippen molar-refractivity contribution in [2.45, 2.75) is 32.6 Å². The molecule has 1 unspecified atom stereocenters. The summed E-state index contributed by atoms with van der Waals surface area (Å²) in [7, 11) is -1.81. The molecule has 6 nitrogen and oxygen atoms in total. The van der Waals surface area contributed by atoms with Gasteiger partial charge in [0.2, 0.25) is 0 Å². The topological polar surface area (TPSA) is 85.1 Å². The molecule has 1 atom stereocenters. The molecule has 0 aliphatic carbocycles. The molecule has 4 aromatic rings. The van der Waals surface area contributed by atoms with Crippen LogP contribution < -0.4 is 0 Å². The first-order chi connectivity index (χ1) is 15.1. The van der Waals surface area contributed by atoms with Gasteiger partial charge in [-0.2, -0.15) is 0 Å². The highest BCUT2D eigenvalue weighted by Crippen LogP contribution is 2.29. The van der Waals surface area contributed by atoms with E-state index in [-0.39, 0.29) is 16.5 Å². The molecule has 0 amide bonds. The summed E-state index contributed by atoms with van der Waals surface area (Å²) in [6, 6.07) is 19.1. The first-order valence-corrected chi connectivity index (χ1v) is 11.4. The van der Waals surface area contributed by atoms with Crippen LogP contribution in [0.25, 0.3) is 22.4 Å². The second kappa shape index (κ2) is 11.4. The van der Waals surface area contributed by atoms with Crippen LogP contribution in [0.2, 0.25) is 5.15 Å². The van der Waals surface area contributed by atoms with Crippen molar-refractivity contribution in [1.29, 1.82) is 0 Å². The smallest absolute Gasteiger partial charge is 0.353 e. The van der Waals surface area contributed by atoms with Gasteiger partial charge in [-0.05, 0) is 18.2 Å². The lowest BCUT2D eigenvalue weighted by molar-refractivity contribution is 0.0690. The molecule has 2 heterocycles. The SMILES string of the molecule is CC.CC.O=C(O)c1cc2c(Cl)nc(-c3ccccc3)nc2n1S(=O)c1ccccc1. The number of rotatable bonds is 4. The predicted octanol–water partition coefficient (Wildman–Crippen LogP) is 6.07. The third-order valence-electron chi connectivity index (χ3n) is 3.93. The normalized spacial score (nSPS) is 11.0. The van der Waals surface area contributed by atoms with Gasteiger partial charge in [0.15, 0.2) is 22.5 Å². The summed E-state index contributed by atoms with van der Waals surface area (Å²) in [6.45, 7) is 8.00. The van der Waals surface area contributed by atoms with Crippen LogP contribution in [0.1, 0.15) is 38.2 Å². The Balaban J connectivity index is 0.000000807. The van der Waals surface area contributed by atoms with E-state index in [1.807, 2.05) is 58.0 Å². The third-order valence-corrected chi connectivity index (χ3v) is 5.60. The van der Waals surface area contributed by atoms with Gasteiger partial charge >= 0.3 is 5.97 Å². The van der Waals surface area contributed by atoms with E-state index < -0.39 is 17.0 Å². The molecule has 162 valence electrons. The maximum Gasteiger partial charge on any atom is 0.353 e. The molecule has 31 heavy (non-hydrogen) atoms. The second-order valence-corrected chi connectivity index (χ2v) is 7.33. The van der Waals surface area contributed by atoms with Gasteiger partial charge in [-0.3, -0.25) is 0 Å². The lowest BCUT2D eigenvalue weighted by atomic mass is 10.2. The van der Waals surface area contributed by atoms with Crippen molar-refractivity contribution in [2.75, 3.05) is 0 Å². The summed E-state index contributed by atoms with van der Waals surface area (Å²) in [4.78, 5) is 20.9. The van der Waals surface area contributed by atoms with Gasteiger partial charge < -0.3 is 5.11 Å². The molecule has 0 aliphatic rings. The molecular weight excluding hydrogens is 434 g/mol. The minimum Gasteiger partial charge on any atom is -0.477 e. The zero-order chi connectivity index (χ0) is 23.0. The molecule has 0 saturated heterocycles. The minimum atomic E-state index is -1.81. The van der Waals surface area contributed by atoms with E-state index >= 15 is 0 Å². The van der Waals surface area contributed by atoms with Crippen molar-refractivity contribution in [1.82, 2.24) is 13.9 Å².